The van der Waals surface area contributed by atoms with Crippen LogP contribution in [0.1, 0.15) is 47.1 Å². The van der Waals surface area contributed by atoms with Crippen molar-refractivity contribution in [3.05, 3.63) is 222 Å². The van der Waals surface area contributed by atoms with Gasteiger partial charge in [-0.3, -0.25) is 5.32 Å². The molecular weight excluding hydrogens is 723 g/mol. The summed E-state index contributed by atoms with van der Waals surface area (Å²) in [5, 5.41) is 13.3. The molecule has 0 saturated heterocycles. The van der Waals surface area contributed by atoms with Crippen molar-refractivity contribution in [2.45, 2.75) is 25.3 Å². The van der Waals surface area contributed by atoms with Crippen LogP contribution in [-0.4, -0.2) is 17.7 Å². The van der Waals surface area contributed by atoms with Gasteiger partial charge in [0.1, 0.15) is 35.2 Å². The summed E-state index contributed by atoms with van der Waals surface area (Å²) in [6.45, 7) is 6.28. The van der Waals surface area contributed by atoms with Crippen molar-refractivity contribution in [2.75, 3.05) is 0 Å². The van der Waals surface area contributed by atoms with Gasteiger partial charge in [0, 0.05) is 21.9 Å². The van der Waals surface area contributed by atoms with Crippen LogP contribution in [0.15, 0.2) is 209 Å². The smallest absolute Gasteiger partial charge is 0.136 e. The fraction of sp³-hybridized carbons (Fsp3) is 0.0943. The number of hydrogen-bond acceptors (Lipinski definition) is 6. The zero-order valence-corrected chi connectivity index (χ0v) is 32.7. The SMILES string of the molecule is C=CC(C)C1C=C(c2ccccc2)N=C(c2cccc(-c3cc4oc5ccccc5c4cc3-c3cccc(C4=NC(c5ccccc5)NC(c5ccccc5)N4)c3)c2)N1. The molecule has 3 heterocycles. The molecule has 0 saturated carbocycles. The molecular formula is C53H43N5O. The van der Waals surface area contributed by atoms with Gasteiger partial charge in [0.2, 0.25) is 0 Å². The first kappa shape index (κ1) is 36.1. The largest absolute Gasteiger partial charge is 0.456 e. The minimum Gasteiger partial charge on any atom is -0.456 e. The number of furan rings is 1. The topological polar surface area (TPSA) is 74.0 Å². The van der Waals surface area contributed by atoms with Crippen LogP contribution in [0.5, 0.6) is 0 Å². The maximum absolute atomic E-state index is 6.51. The molecule has 1 aromatic heterocycles. The second kappa shape index (κ2) is 15.6. The quantitative estimate of drug-likeness (QED) is 0.128. The highest BCUT2D eigenvalue weighted by Gasteiger charge is 2.26. The predicted octanol–water partition coefficient (Wildman–Crippen LogP) is 11.8. The molecule has 0 aliphatic carbocycles. The van der Waals surface area contributed by atoms with Crippen LogP contribution in [0.25, 0.3) is 49.9 Å². The van der Waals surface area contributed by atoms with Gasteiger partial charge in [0.05, 0.1) is 11.7 Å². The van der Waals surface area contributed by atoms with Crippen molar-refractivity contribution in [2.24, 2.45) is 15.9 Å². The minimum atomic E-state index is -0.226. The van der Waals surface area contributed by atoms with Gasteiger partial charge in [0.25, 0.3) is 0 Å². The lowest BCUT2D eigenvalue weighted by Gasteiger charge is -2.32. The number of hydrogen-bond donors (Lipinski definition) is 3. The minimum absolute atomic E-state index is 0.0403. The molecule has 0 spiro atoms. The summed E-state index contributed by atoms with van der Waals surface area (Å²) in [5.74, 6) is 1.86. The first-order valence-electron chi connectivity index (χ1n) is 20.2. The van der Waals surface area contributed by atoms with Gasteiger partial charge in [-0.15, -0.1) is 6.58 Å². The molecule has 6 heteroatoms. The van der Waals surface area contributed by atoms with E-state index in [4.69, 9.17) is 14.4 Å². The van der Waals surface area contributed by atoms with E-state index in [0.29, 0.717) is 0 Å². The maximum Gasteiger partial charge on any atom is 0.136 e. The van der Waals surface area contributed by atoms with E-state index < -0.39 is 0 Å². The Morgan fingerprint density at radius 1 is 0.559 bits per heavy atom. The lowest BCUT2D eigenvalue weighted by atomic mass is 9.90. The van der Waals surface area contributed by atoms with Crippen LogP contribution in [0, 0.1) is 5.92 Å². The second-order valence-corrected chi connectivity index (χ2v) is 15.2. The van der Waals surface area contributed by atoms with E-state index in [-0.39, 0.29) is 24.3 Å². The zero-order valence-electron chi connectivity index (χ0n) is 32.7. The molecule has 6 nitrogen and oxygen atoms in total. The summed E-state index contributed by atoms with van der Waals surface area (Å²) in [4.78, 5) is 10.5. The van der Waals surface area contributed by atoms with Gasteiger partial charge in [-0.05, 0) is 81.3 Å². The molecule has 7 aromatic carbocycles. The molecule has 59 heavy (non-hydrogen) atoms. The van der Waals surface area contributed by atoms with E-state index in [0.717, 1.165) is 89.4 Å². The predicted molar refractivity (Wildman–Crippen MR) is 243 cm³/mol. The molecule has 286 valence electrons. The first-order valence-corrected chi connectivity index (χ1v) is 20.2. The summed E-state index contributed by atoms with van der Waals surface area (Å²) in [5.41, 5.74) is 12.3. The van der Waals surface area contributed by atoms with Crippen molar-refractivity contribution in [3.63, 3.8) is 0 Å². The molecule has 8 aromatic rings. The fourth-order valence-corrected chi connectivity index (χ4v) is 8.15. The van der Waals surface area contributed by atoms with Crippen LogP contribution in [0.3, 0.4) is 0 Å². The Morgan fingerprint density at radius 3 is 1.86 bits per heavy atom. The summed E-state index contributed by atoms with van der Waals surface area (Å²) < 4.78 is 6.51. The third-order valence-electron chi connectivity index (χ3n) is 11.4. The van der Waals surface area contributed by atoms with Crippen LogP contribution in [0.4, 0.5) is 0 Å². The van der Waals surface area contributed by atoms with Gasteiger partial charge in [-0.2, -0.15) is 0 Å². The van der Waals surface area contributed by atoms with E-state index in [2.05, 4.69) is 181 Å². The van der Waals surface area contributed by atoms with Crippen molar-refractivity contribution < 1.29 is 4.42 Å². The van der Waals surface area contributed by atoms with Crippen LogP contribution < -0.4 is 16.0 Å². The highest BCUT2D eigenvalue weighted by atomic mass is 16.3. The third-order valence-corrected chi connectivity index (χ3v) is 11.4. The van der Waals surface area contributed by atoms with Crippen molar-refractivity contribution in [1.29, 1.82) is 0 Å². The third kappa shape index (κ3) is 7.15. The number of nitrogens with zero attached hydrogens (tertiary/aromatic N) is 2. The van der Waals surface area contributed by atoms with E-state index in [1.807, 2.05) is 36.4 Å². The Morgan fingerprint density at radius 2 is 1.15 bits per heavy atom. The molecule has 2 aliphatic heterocycles. The van der Waals surface area contributed by atoms with Crippen LogP contribution in [0.2, 0.25) is 0 Å². The normalized spacial score (nSPS) is 18.3. The number of aliphatic imine (C=N–C) groups is 2. The molecule has 0 amide bonds. The van der Waals surface area contributed by atoms with Crippen LogP contribution in [-0.2, 0) is 0 Å². The number of para-hydroxylation sites is 1. The average Bonchev–Trinajstić information content (AvgIpc) is 3.69. The molecule has 4 unspecified atom stereocenters. The van der Waals surface area contributed by atoms with Crippen molar-refractivity contribution in [1.82, 2.24) is 16.0 Å². The molecule has 0 radical (unpaired) electrons. The summed E-state index contributed by atoms with van der Waals surface area (Å²) in [6, 6.07) is 61.4. The highest BCUT2D eigenvalue weighted by molar-refractivity contribution is 6.10. The Labute approximate surface area is 344 Å². The Bertz CT molecular complexity index is 2910. The summed E-state index contributed by atoms with van der Waals surface area (Å²) in [6.07, 6.45) is 3.84. The van der Waals surface area contributed by atoms with E-state index in [1.54, 1.807) is 0 Å². The average molecular weight is 766 g/mol. The Kier molecular flexibility index (Phi) is 9.53. The van der Waals surface area contributed by atoms with E-state index in [1.165, 1.54) is 0 Å². The van der Waals surface area contributed by atoms with Gasteiger partial charge < -0.3 is 15.1 Å². The Hall–Kier alpha value is -7.28. The number of benzene rings is 7. The van der Waals surface area contributed by atoms with E-state index in [9.17, 15) is 0 Å². The van der Waals surface area contributed by atoms with Gasteiger partial charge in [0.15, 0.2) is 0 Å². The van der Waals surface area contributed by atoms with Gasteiger partial charge in [-0.25, -0.2) is 9.98 Å². The first-order chi connectivity index (χ1) is 29.1. The second-order valence-electron chi connectivity index (χ2n) is 15.2. The van der Waals surface area contributed by atoms with Crippen LogP contribution >= 0.6 is 0 Å². The molecule has 0 bridgehead atoms. The van der Waals surface area contributed by atoms with Crippen molar-refractivity contribution in [3.8, 4) is 22.3 Å². The zero-order chi connectivity index (χ0) is 39.7. The Balaban J connectivity index is 1.10. The molecule has 2 aliphatic rings. The van der Waals surface area contributed by atoms with Crippen molar-refractivity contribution >= 4 is 39.3 Å². The number of amidine groups is 2. The maximum atomic E-state index is 6.51. The van der Waals surface area contributed by atoms with Gasteiger partial charge in [-0.1, -0.05) is 159 Å². The lowest BCUT2D eigenvalue weighted by molar-refractivity contribution is 0.409. The fourth-order valence-electron chi connectivity index (χ4n) is 8.15. The molecule has 10 rings (SSSR count). The summed E-state index contributed by atoms with van der Waals surface area (Å²) in [7, 11) is 0. The molecule has 3 N–H and O–H groups in total. The van der Waals surface area contributed by atoms with Gasteiger partial charge >= 0.3 is 0 Å². The molecule has 0 fully saturated rings. The van der Waals surface area contributed by atoms with E-state index >= 15 is 0 Å². The summed E-state index contributed by atoms with van der Waals surface area (Å²) >= 11 is 0. The highest BCUT2D eigenvalue weighted by Crippen LogP contribution is 2.40. The monoisotopic (exact) mass is 765 g/mol. The number of rotatable bonds is 9. The molecule has 4 atom stereocenters. The standard InChI is InChI=1S/C53H43N5O/c1-3-34(2)46-33-47(35-17-7-4-8-18-35)55-52(54-46)40-25-16-24-39(30-40)44-32-49-45(42-27-13-14-28-48(42)59-49)31-43(44)38-23-15-26-41(29-38)53-57-50(36-19-9-5-10-20-36)56-51(58-53)37-21-11-6-12-22-37/h3-34,46,50-51,56H,1H2,2H3,(H,54,55)(H,57,58). The number of nitrogens with one attached hydrogen (secondary N) is 3. The lowest BCUT2D eigenvalue weighted by Crippen LogP contribution is -2.44. The number of fused-ring (bicyclic) bond motifs is 3.